The smallest absolute Gasteiger partial charge is 0.294 e. The quantitative estimate of drug-likeness (QED) is 0.373. The van der Waals surface area contributed by atoms with Crippen molar-refractivity contribution in [1.82, 2.24) is 4.98 Å². The zero-order valence-corrected chi connectivity index (χ0v) is 16.8. The third-order valence-corrected chi connectivity index (χ3v) is 5.86. The van der Waals surface area contributed by atoms with Gasteiger partial charge < -0.3 is 14.4 Å². The number of ether oxygens (including phenoxy) is 2. The number of aromatic nitrogens is 1. The van der Waals surface area contributed by atoms with Gasteiger partial charge in [-0.25, -0.2) is 0 Å². The molecule has 0 unspecified atom stereocenters. The van der Waals surface area contributed by atoms with E-state index in [9.17, 15) is 25.0 Å². The van der Waals surface area contributed by atoms with Crippen molar-refractivity contribution in [3.63, 3.8) is 0 Å². The molecule has 3 rings (SSSR count). The number of hydrogen-bond acceptors (Lipinski definition) is 10. The SMILES string of the molecule is CCOC1(OCC)CCN(c2nc(=O)c3cc([N+](=O)[O-])cc([N+](=O)[O-])c3s2)CC1. The van der Waals surface area contributed by atoms with Crippen LogP contribution in [-0.2, 0) is 9.47 Å². The number of nitrogens with zero attached hydrogens (tertiary/aromatic N) is 4. The van der Waals surface area contributed by atoms with Gasteiger partial charge >= 0.3 is 0 Å². The summed E-state index contributed by atoms with van der Waals surface area (Å²) in [6.45, 7) is 5.79. The maximum absolute atomic E-state index is 12.5. The van der Waals surface area contributed by atoms with E-state index in [1.54, 1.807) is 0 Å². The fourth-order valence-electron chi connectivity index (χ4n) is 3.40. The number of nitro benzene ring substituents is 2. The Hall–Kier alpha value is -2.70. The van der Waals surface area contributed by atoms with E-state index >= 15 is 0 Å². The fourth-order valence-corrected chi connectivity index (χ4v) is 4.51. The van der Waals surface area contributed by atoms with Gasteiger partial charge in [-0.3, -0.25) is 25.0 Å². The summed E-state index contributed by atoms with van der Waals surface area (Å²) >= 11 is 0.979. The van der Waals surface area contributed by atoms with Gasteiger partial charge in [-0.15, -0.1) is 0 Å². The van der Waals surface area contributed by atoms with Crippen molar-refractivity contribution in [3.05, 3.63) is 42.7 Å². The molecule has 1 aromatic heterocycles. The molecular weight excluding hydrogens is 404 g/mol. The topological polar surface area (TPSA) is 138 Å². The van der Waals surface area contributed by atoms with Crippen molar-refractivity contribution in [2.24, 2.45) is 0 Å². The lowest BCUT2D eigenvalue weighted by Gasteiger charge is -2.41. The van der Waals surface area contributed by atoms with E-state index in [0.717, 1.165) is 23.5 Å². The van der Waals surface area contributed by atoms with E-state index in [1.165, 1.54) is 0 Å². The van der Waals surface area contributed by atoms with E-state index in [2.05, 4.69) is 4.98 Å². The lowest BCUT2D eigenvalue weighted by atomic mass is 10.0. The monoisotopic (exact) mass is 424 g/mol. The van der Waals surface area contributed by atoms with Crippen LogP contribution in [0.1, 0.15) is 26.7 Å². The molecule has 0 N–H and O–H groups in total. The number of benzene rings is 1. The highest BCUT2D eigenvalue weighted by molar-refractivity contribution is 7.22. The van der Waals surface area contributed by atoms with Crippen LogP contribution in [0.15, 0.2) is 16.9 Å². The highest BCUT2D eigenvalue weighted by Crippen LogP contribution is 2.37. The van der Waals surface area contributed by atoms with E-state index in [1.807, 2.05) is 18.7 Å². The van der Waals surface area contributed by atoms with Gasteiger partial charge in [0.15, 0.2) is 10.9 Å². The first-order valence-corrected chi connectivity index (χ1v) is 9.92. The molecule has 2 heterocycles. The molecule has 1 saturated heterocycles. The minimum Gasteiger partial charge on any atom is -0.350 e. The molecule has 1 fully saturated rings. The molecule has 11 nitrogen and oxygen atoms in total. The molecule has 156 valence electrons. The number of nitro groups is 2. The zero-order valence-electron chi connectivity index (χ0n) is 16.0. The molecule has 29 heavy (non-hydrogen) atoms. The molecule has 0 radical (unpaired) electrons. The molecule has 1 aliphatic heterocycles. The van der Waals surface area contributed by atoms with E-state index in [-0.39, 0.29) is 10.1 Å². The molecule has 0 aliphatic carbocycles. The second kappa shape index (κ2) is 8.35. The number of anilines is 1. The second-order valence-corrected chi connectivity index (χ2v) is 7.40. The predicted octanol–water partition coefficient (Wildman–Crippen LogP) is 2.84. The molecule has 0 spiro atoms. The summed E-state index contributed by atoms with van der Waals surface area (Å²) in [5.74, 6) is -0.686. The molecule has 0 amide bonds. The Labute approximate surface area is 169 Å². The van der Waals surface area contributed by atoms with Crippen molar-refractivity contribution < 1.29 is 19.3 Å². The third-order valence-electron chi connectivity index (χ3n) is 4.69. The average Bonchev–Trinajstić information content (AvgIpc) is 2.68. The molecule has 12 heteroatoms. The lowest BCUT2D eigenvalue weighted by Crippen LogP contribution is -2.48. The predicted molar refractivity (Wildman–Crippen MR) is 107 cm³/mol. The van der Waals surface area contributed by atoms with Gasteiger partial charge in [-0.2, -0.15) is 4.98 Å². The third kappa shape index (κ3) is 4.18. The molecule has 1 aliphatic rings. The Morgan fingerprint density at radius 1 is 1.14 bits per heavy atom. The number of rotatable bonds is 7. The van der Waals surface area contributed by atoms with E-state index in [0.29, 0.717) is 44.3 Å². The maximum Gasteiger partial charge on any atom is 0.294 e. The Bertz CT molecular complexity index is 993. The number of hydrogen-bond donors (Lipinski definition) is 0. The summed E-state index contributed by atoms with van der Waals surface area (Å²) in [7, 11) is 0. The first kappa shape index (κ1) is 21.0. The van der Waals surface area contributed by atoms with Gasteiger partial charge in [0.1, 0.15) is 4.70 Å². The minimum absolute atomic E-state index is 0.0713. The summed E-state index contributed by atoms with van der Waals surface area (Å²) in [4.78, 5) is 39.4. The first-order chi connectivity index (χ1) is 13.8. The Morgan fingerprint density at radius 3 is 2.28 bits per heavy atom. The summed E-state index contributed by atoms with van der Waals surface area (Å²) < 4.78 is 11.7. The summed E-state index contributed by atoms with van der Waals surface area (Å²) in [6, 6.07) is 1.90. The first-order valence-electron chi connectivity index (χ1n) is 9.10. The molecule has 2 aromatic rings. The average molecular weight is 424 g/mol. The Morgan fingerprint density at radius 2 is 1.76 bits per heavy atom. The number of non-ortho nitro benzene ring substituents is 2. The van der Waals surface area contributed by atoms with Crippen LogP contribution in [-0.4, -0.2) is 46.9 Å². The van der Waals surface area contributed by atoms with Gasteiger partial charge in [-0.1, -0.05) is 11.3 Å². The molecule has 0 atom stereocenters. The zero-order chi connectivity index (χ0) is 21.2. The van der Waals surface area contributed by atoms with Crippen LogP contribution < -0.4 is 10.5 Å². The van der Waals surface area contributed by atoms with Gasteiger partial charge in [0.25, 0.3) is 16.9 Å². The van der Waals surface area contributed by atoms with Crippen molar-refractivity contribution >= 4 is 37.9 Å². The normalized spacial score (nSPS) is 16.1. The largest absolute Gasteiger partial charge is 0.350 e. The highest BCUT2D eigenvalue weighted by Gasteiger charge is 2.37. The van der Waals surface area contributed by atoms with E-state index in [4.69, 9.17) is 9.47 Å². The molecule has 0 saturated carbocycles. The van der Waals surface area contributed by atoms with Gasteiger partial charge in [0, 0.05) is 45.2 Å². The summed E-state index contributed by atoms with van der Waals surface area (Å²) in [6.07, 6.45) is 1.11. The molecule has 0 bridgehead atoms. The van der Waals surface area contributed by atoms with Crippen LogP contribution in [0, 0.1) is 20.2 Å². The van der Waals surface area contributed by atoms with Gasteiger partial charge in [0.2, 0.25) is 0 Å². The van der Waals surface area contributed by atoms with Gasteiger partial charge in [-0.05, 0) is 13.8 Å². The summed E-state index contributed by atoms with van der Waals surface area (Å²) in [5.41, 5.74) is -1.72. The van der Waals surface area contributed by atoms with Crippen LogP contribution in [0.4, 0.5) is 16.5 Å². The summed E-state index contributed by atoms with van der Waals surface area (Å²) in [5, 5.41) is 22.7. The maximum atomic E-state index is 12.5. The lowest BCUT2D eigenvalue weighted by molar-refractivity contribution is -0.392. The van der Waals surface area contributed by atoms with Crippen LogP contribution in [0.25, 0.3) is 10.1 Å². The number of piperidine rings is 1. The van der Waals surface area contributed by atoms with Crippen molar-refractivity contribution in [2.75, 3.05) is 31.2 Å². The van der Waals surface area contributed by atoms with Crippen LogP contribution in [0.5, 0.6) is 0 Å². The minimum atomic E-state index is -0.768. The van der Waals surface area contributed by atoms with Gasteiger partial charge in [0.05, 0.1) is 21.3 Å². The Kier molecular flexibility index (Phi) is 6.05. The molecular formula is C17H20N4O7S. The van der Waals surface area contributed by atoms with Crippen LogP contribution in [0.2, 0.25) is 0 Å². The van der Waals surface area contributed by atoms with Crippen molar-refractivity contribution in [1.29, 1.82) is 0 Å². The highest BCUT2D eigenvalue weighted by atomic mass is 32.1. The van der Waals surface area contributed by atoms with Crippen molar-refractivity contribution in [2.45, 2.75) is 32.5 Å². The molecule has 1 aromatic carbocycles. The van der Waals surface area contributed by atoms with Crippen LogP contribution >= 0.6 is 11.3 Å². The van der Waals surface area contributed by atoms with Crippen LogP contribution in [0.3, 0.4) is 0 Å². The standard InChI is InChI=1S/C17H20N4O7S/c1-3-27-17(28-4-2)5-7-19(8-6-17)16-18-15(22)12-9-11(20(23)24)10-13(21(25)26)14(12)29-16/h9-10H,3-8H2,1-2H3. The second-order valence-electron chi connectivity index (χ2n) is 6.42. The number of fused-ring (bicyclic) bond motifs is 1. The van der Waals surface area contributed by atoms with E-state index < -0.39 is 32.6 Å². The Balaban J connectivity index is 1.99. The fraction of sp³-hybridized carbons (Fsp3) is 0.529. The van der Waals surface area contributed by atoms with Crippen molar-refractivity contribution in [3.8, 4) is 0 Å².